The van der Waals surface area contributed by atoms with Crippen molar-refractivity contribution < 1.29 is 4.79 Å². The molecule has 0 spiro atoms. The first-order chi connectivity index (χ1) is 11.2. The van der Waals surface area contributed by atoms with E-state index >= 15 is 0 Å². The van der Waals surface area contributed by atoms with E-state index in [4.69, 9.17) is 0 Å². The molecular weight excluding hydrogens is 286 g/mol. The van der Waals surface area contributed by atoms with Gasteiger partial charge in [-0.1, -0.05) is 6.07 Å². The van der Waals surface area contributed by atoms with Gasteiger partial charge in [0.25, 0.3) is 5.91 Å². The summed E-state index contributed by atoms with van der Waals surface area (Å²) in [5.41, 5.74) is 4.81. The first-order valence-electron chi connectivity index (χ1n) is 8.62. The summed E-state index contributed by atoms with van der Waals surface area (Å²) in [6.07, 6.45) is 9.60. The van der Waals surface area contributed by atoms with E-state index < -0.39 is 0 Å². The lowest BCUT2D eigenvalue weighted by molar-refractivity contribution is 0.0673. The molecule has 1 aromatic heterocycles. The second-order valence-electron chi connectivity index (χ2n) is 6.88. The van der Waals surface area contributed by atoms with Crippen molar-refractivity contribution in [1.29, 1.82) is 0 Å². The summed E-state index contributed by atoms with van der Waals surface area (Å²) >= 11 is 0. The van der Waals surface area contributed by atoms with Gasteiger partial charge in [0, 0.05) is 24.8 Å². The molecule has 0 unspecified atom stereocenters. The summed E-state index contributed by atoms with van der Waals surface area (Å²) in [5, 5.41) is 4.43. The fourth-order valence-electron chi connectivity index (χ4n) is 3.88. The molecule has 4 rings (SSSR count). The van der Waals surface area contributed by atoms with E-state index in [2.05, 4.69) is 30.4 Å². The van der Waals surface area contributed by atoms with Crippen LogP contribution in [0.1, 0.15) is 52.4 Å². The first kappa shape index (κ1) is 14.5. The predicted octanol–water partition coefficient (Wildman–Crippen LogP) is 3.16. The molecule has 1 amide bonds. The quantitative estimate of drug-likeness (QED) is 0.854. The Morgan fingerprint density at radius 2 is 2.09 bits per heavy atom. The number of piperidine rings is 1. The normalized spacial score (nSPS) is 20.6. The molecule has 23 heavy (non-hydrogen) atoms. The van der Waals surface area contributed by atoms with Crippen LogP contribution in [0.15, 0.2) is 30.6 Å². The Balaban J connectivity index is 1.51. The van der Waals surface area contributed by atoms with Gasteiger partial charge in [-0.3, -0.25) is 9.48 Å². The van der Waals surface area contributed by atoms with E-state index in [9.17, 15) is 4.79 Å². The number of fused-ring (bicyclic) bond motifs is 1. The SMILES string of the molecule is Cc1cnn([C@H]2CCCN(C(=O)c3ccc4c(c3)CCC4)C2)c1. The smallest absolute Gasteiger partial charge is 0.253 e. The summed E-state index contributed by atoms with van der Waals surface area (Å²) < 4.78 is 2.03. The van der Waals surface area contributed by atoms with Gasteiger partial charge >= 0.3 is 0 Å². The number of hydrogen-bond acceptors (Lipinski definition) is 2. The molecule has 1 aliphatic carbocycles. The molecular formula is C19H23N3O. The van der Waals surface area contributed by atoms with E-state index in [0.29, 0.717) is 6.04 Å². The summed E-state index contributed by atoms with van der Waals surface area (Å²) in [4.78, 5) is 14.9. The van der Waals surface area contributed by atoms with E-state index in [-0.39, 0.29) is 5.91 Å². The van der Waals surface area contributed by atoms with Crippen molar-refractivity contribution in [3.63, 3.8) is 0 Å². The van der Waals surface area contributed by atoms with Crippen molar-refractivity contribution in [3.05, 3.63) is 52.8 Å². The average Bonchev–Trinajstić information content (AvgIpc) is 3.22. The number of aromatic nitrogens is 2. The molecule has 1 atom stereocenters. The Kier molecular flexibility index (Phi) is 3.68. The van der Waals surface area contributed by atoms with Crippen molar-refractivity contribution in [3.8, 4) is 0 Å². The number of carbonyl (C=O) groups excluding carboxylic acids is 1. The Morgan fingerprint density at radius 3 is 2.91 bits per heavy atom. The minimum absolute atomic E-state index is 0.174. The highest BCUT2D eigenvalue weighted by Gasteiger charge is 2.26. The maximum absolute atomic E-state index is 12.9. The molecule has 1 aromatic carbocycles. The number of nitrogens with zero attached hydrogens (tertiary/aromatic N) is 3. The van der Waals surface area contributed by atoms with Crippen molar-refractivity contribution >= 4 is 5.91 Å². The van der Waals surface area contributed by atoms with Gasteiger partial charge < -0.3 is 4.90 Å². The zero-order valence-corrected chi connectivity index (χ0v) is 13.7. The van der Waals surface area contributed by atoms with Crippen LogP contribution in [0.25, 0.3) is 0 Å². The van der Waals surface area contributed by atoms with Gasteiger partial charge in [-0.15, -0.1) is 0 Å². The van der Waals surface area contributed by atoms with Crippen LogP contribution in [0.3, 0.4) is 0 Å². The summed E-state index contributed by atoms with van der Waals surface area (Å²) in [7, 11) is 0. The largest absolute Gasteiger partial charge is 0.337 e. The number of likely N-dealkylation sites (tertiary alicyclic amines) is 1. The number of benzene rings is 1. The van der Waals surface area contributed by atoms with E-state index in [1.54, 1.807) is 0 Å². The van der Waals surface area contributed by atoms with Gasteiger partial charge in [0.05, 0.1) is 12.2 Å². The highest BCUT2D eigenvalue weighted by molar-refractivity contribution is 5.94. The Labute approximate surface area is 137 Å². The zero-order valence-electron chi connectivity index (χ0n) is 13.7. The monoisotopic (exact) mass is 309 g/mol. The maximum Gasteiger partial charge on any atom is 0.253 e. The Hall–Kier alpha value is -2.10. The average molecular weight is 309 g/mol. The lowest BCUT2D eigenvalue weighted by Crippen LogP contribution is -2.40. The highest BCUT2D eigenvalue weighted by Crippen LogP contribution is 2.26. The van der Waals surface area contributed by atoms with Crippen molar-refractivity contribution in [2.24, 2.45) is 0 Å². The minimum atomic E-state index is 0.174. The van der Waals surface area contributed by atoms with Gasteiger partial charge in [-0.05, 0) is 67.9 Å². The number of rotatable bonds is 2. The van der Waals surface area contributed by atoms with E-state index in [1.165, 1.54) is 23.1 Å². The van der Waals surface area contributed by atoms with Crippen LogP contribution in [0.2, 0.25) is 0 Å². The van der Waals surface area contributed by atoms with Crippen LogP contribution in [-0.4, -0.2) is 33.7 Å². The summed E-state index contributed by atoms with van der Waals surface area (Å²) in [6, 6.07) is 6.57. The van der Waals surface area contributed by atoms with E-state index in [0.717, 1.165) is 44.3 Å². The van der Waals surface area contributed by atoms with Crippen LogP contribution in [0, 0.1) is 6.92 Å². The number of carbonyl (C=O) groups is 1. The second kappa shape index (κ2) is 5.84. The molecule has 4 heteroatoms. The predicted molar refractivity (Wildman–Crippen MR) is 89.6 cm³/mol. The molecule has 1 aliphatic heterocycles. The number of aryl methyl sites for hydroxylation is 3. The summed E-state index contributed by atoms with van der Waals surface area (Å²) in [5.74, 6) is 0.174. The van der Waals surface area contributed by atoms with Crippen molar-refractivity contribution in [2.75, 3.05) is 13.1 Å². The fourth-order valence-corrected chi connectivity index (χ4v) is 3.88. The topological polar surface area (TPSA) is 38.1 Å². The lowest BCUT2D eigenvalue weighted by Gasteiger charge is -2.33. The number of amides is 1. The first-order valence-corrected chi connectivity index (χ1v) is 8.62. The van der Waals surface area contributed by atoms with Crippen LogP contribution >= 0.6 is 0 Å². The molecule has 0 bridgehead atoms. The maximum atomic E-state index is 12.9. The zero-order chi connectivity index (χ0) is 15.8. The molecule has 2 aliphatic rings. The van der Waals surface area contributed by atoms with Crippen LogP contribution in [0.4, 0.5) is 0 Å². The molecule has 1 fully saturated rings. The molecule has 2 heterocycles. The van der Waals surface area contributed by atoms with E-state index in [1.807, 2.05) is 21.8 Å². The van der Waals surface area contributed by atoms with Gasteiger partial charge in [-0.2, -0.15) is 5.10 Å². The molecule has 4 nitrogen and oxygen atoms in total. The second-order valence-corrected chi connectivity index (χ2v) is 6.88. The van der Waals surface area contributed by atoms with Gasteiger partial charge in [0.2, 0.25) is 0 Å². The Bertz CT molecular complexity index is 734. The van der Waals surface area contributed by atoms with Crippen molar-refractivity contribution in [1.82, 2.24) is 14.7 Å². The highest BCUT2D eigenvalue weighted by atomic mass is 16.2. The molecule has 1 saturated heterocycles. The molecule has 0 radical (unpaired) electrons. The van der Waals surface area contributed by atoms with Crippen LogP contribution in [0.5, 0.6) is 0 Å². The van der Waals surface area contributed by atoms with Crippen molar-refractivity contribution in [2.45, 2.75) is 45.1 Å². The Morgan fingerprint density at radius 1 is 1.22 bits per heavy atom. The van der Waals surface area contributed by atoms with Crippen LogP contribution in [-0.2, 0) is 12.8 Å². The van der Waals surface area contributed by atoms with Gasteiger partial charge in [0.1, 0.15) is 0 Å². The standard InChI is InChI=1S/C19H23N3O/c1-14-11-20-22(12-14)18-6-3-9-21(13-18)19(23)17-8-7-15-4-2-5-16(15)10-17/h7-8,10-12,18H,2-6,9,13H2,1H3/t18-/m0/s1. The van der Waals surface area contributed by atoms with Gasteiger partial charge in [0.15, 0.2) is 0 Å². The molecule has 2 aromatic rings. The fraction of sp³-hybridized carbons (Fsp3) is 0.474. The molecule has 0 saturated carbocycles. The van der Waals surface area contributed by atoms with Gasteiger partial charge in [-0.25, -0.2) is 0 Å². The minimum Gasteiger partial charge on any atom is -0.337 e. The third kappa shape index (κ3) is 2.78. The number of hydrogen-bond donors (Lipinski definition) is 0. The summed E-state index contributed by atoms with van der Waals surface area (Å²) in [6.45, 7) is 3.67. The third-order valence-corrected chi connectivity index (χ3v) is 5.13. The molecule has 120 valence electrons. The molecule has 0 N–H and O–H groups in total. The van der Waals surface area contributed by atoms with Crippen LogP contribution < -0.4 is 0 Å². The lowest BCUT2D eigenvalue weighted by atomic mass is 10.0. The third-order valence-electron chi connectivity index (χ3n) is 5.13.